The molecule has 0 aliphatic carbocycles. The molecule has 3 aromatic rings. The smallest absolute Gasteiger partial charge is 0.289 e. The Labute approximate surface area is 161 Å². The van der Waals surface area contributed by atoms with Crippen molar-refractivity contribution < 1.29 is 22.4 Å². The number of carbonyl (C=O) groups is 1. The monoisotopic (exact) mass is 401 g/mol. The van der Waals surface area contributed by atoms with Crippen LogP contribution in [0.4, 0.5) is 0 Å². The van der Waals surface area contributed by atoms with Crippen LogP contribution in [-0.4, -0.2) is 65.1 Å². The number of carbonyl (C=O) groups excluding carboxylic acids is 1. The minimum Gasteiger partial charge on any atom is -0.451 e. The number of furan rings is 1. The molecule has 4 heterocycles. The van der Waals surface area contributed by atoms with Gasteiger partial charge in [-0.2, -0.15) is 0 Å². The Kier molecular flexibility index (Phi) is 3.85. The van der Waals surface area contributed by atoms with Crippen molar-refractivity contribution >= 4 is 26.7 Å². The van der Waals surface area contributed by atoms with E-state index in [2.05, 4.69) is 4.98 Å². The van der Waals surface area contributed by atoms with Gasteiger partial charge in [-0.05, 0) is 12.1 Å². The number of benzene rings is 1. The highest BCUT2D eigenvalue weighted by Crippen LogP contribution is 2.34. The minimum absolute atomic E-state index is 0.0801. The van der Waals surface area contributed by atoms with Crippen molar-refractivity contribution in [1.29, 1.82) is 0 Å². The molecule has 146 valence electrons. The minimum atomic E-state index is -3.34. The van der Waals surface area contributed by atoms with Crippen molar-refractivity contribution in [3.8, 4) is 0 Å². The van der Waals surface area contributed by atoms with E-state index in [0.717, 1.165) is 5.39 Å². The van der Waals surface area contributed by atoms with Gasteiger partial charge in [-0.3, -0.25) is 4.79 Å². The van der Waals surface area contributed by atoms with Gasteiger partial charge in [0.1, 0.15) is 16.4 Å². The first-order chi connectivity index (χ1) is 13.4. The van der Waals surface area contributed by atoms with E-state index in [4.69, 9.17) is 9.15 Å². The van der Waals surface area contributed by atoms with Crippen LogP contribution in [0.3, 0.4) is 0 Å². The molecule has 0 radical (unpaired) electrons. The number of rotatable bonds is 3. The van der Waals surface area contributed by atoms with Crippen LogP contribution >= 0.6 is 0 Å². The lowest BCUT2D eigenvalue weighted by atomic mass is 9.95. The number of nitrogens with zero attached hydrogens (tertiary/aromatic N) is 3. The maximum absolute atomic E-state index is 12.7. The number of hydrogen-bond donors (Lipinski definition) is 0. The average Bonchev–Trinajstić information content (AvgIpc) is 3.29. The number of aromatic nitrogens is 2. The zero-order chi connectivity index (χ0) is 19.4. The number of ether oxygens (including phenoxy) is 1. The van der Waals surface area contributed by atoms with Gasteiger partial charge in [0.25, 0.3) is 5.91 Å². The molecule has 2 aliphatic rings. The van der Waals surface area contributed by atoms with Crippen LogP contribution in [0, 0.1) is 0 Å². The normalized spacial score (nSPS) is 23.0. The molecule has 2 aromatic heterocycles. The van der Waals surface area contributed by atoms with Gasteiger partial charge in [0.2, 0.25) is 0 Å². The number of sulfone groups is 1. The molecule has 1 amide bonds. The van der Waals surface area contributed by atoms with E-state index in [1.165, 1.54) is 0 Å². The molecule has 5 rings (SSSR count). The van der Waals surface area contributed by atoms with E-state index < -0.39 is 20.7 Å². The van der Waals surface area contributed by atoms with Gasteiger partial charge >= 0.3 is 0 Å². The maximum atomic E-state index is 12.7. The lowest BCUT2D eigenvalue weighted by Gasteiger charge is -2.51. The van der Waals surface area contributed by atoms with Crippen molar-refractivity contribution in [2.75, 3.05) is 25.4 Å². The lowest BCUT2D eigenvalue weighted by molar-refractivity contribution is -0.121. The Morgan fingerprint density at radius 3 is 2.82 bits per heavy atom. The Morgan fingerprint density at radius 1 is 1.29 bits per heavy atom. The summed E-state index contributed by atoms with van der Waals surface area (Å²) in [6.07, 6.45) is 4.94. The van der Waals surface area contributed by atoms with E-state index in [1.807, 2.05) is 18.2 Å². The van der Waals surface area contributed by atoms with Gasteiger partial charge in [-0.25, -0.2) is 13.4 Å². The molecule has 0 saturated carbocycles. The highest BCUT2D eigenvalue weighted by molar-refractivity contribution is 7.92. The molecular weight excluding hydrogens is 382 g/mol. The first kappa shape index (κ1) is 17.4. The molecule has 2 saturated heterocycles. The fraction of sp³-hybridized carbons (Fsp3) is 0.368. The summed E-state index contributed by atoms with van der Waals surface area (Å²) in [6.45, 7) is 0.938. The molecule has 28 heavy (non-hydrogen) atoms. The summed E-state index contributed by atoms with van der Waals surface area (Å²) in [6, 6.07) is 9.12. The molecule has 1 aromatic carbocycles. The van der Waals surface area contributed by atoms with Gasteiger partial charge in [0, 0.05) is 24.3 Å². The number of amides is 1. The fourth-order valence-corrected chi connectivity index (χ4v) is 5.82. The van der Waals surface area contributed by atoms with E-state index in [9.17, 15) is 13.2 Å². The molecule has 0 bridgehead atoms. The third-order valence-corrected chi connectivity index (χ3v) is 7.63. The summed E-state index contributed by atoms with van der Waals surface area (Å²) >= 11 is 0. The summed E-state index contributed by atoms with van der Waals surface area (Å²) in [7, 11) is -3.34. The standard InChI is InChI=1S/C19H19N3O5S/c23-18(17-7-14-3-1-2-4-16(14)27-17)22-10-19(11-22)12-28(24,25)15(9-26-19)8-21-6-5-20-13-21/h1-7,13,15H,8-12H2/t15-/m0/s1. The summed E-state index contributed by atoms with van der Waals surface area (Å²) in [5, 5.41) is 0.257. The molecule has 2 fully saturated rings. The first-order valence-corrected chi connectivity index (χ1v) is 10.7. The number of imidazole rings is 1. The van der Waals surface area contributed by atoms with E-state index in [0.29, 0.717) is 12.1 Å². The van der Waals surface area contributed by atoms with Crippen LogP contribution < -0.4 is 0 Å². The van der Waals surface area contributed by atoms with E-state index >= 15 is 0 Å². The second kappa shape index (κ2) is 6.18. The predicted molar refractivity (Wildman–Crippen MR) is 101 cm³/mol. The maximum Gasteiger partial charge on any atom is 0.289 e. The van der Waals surface area contributed by atoms with Crippen LogP contribution in [0.2, 0.25) is 0 Å². The summed E-state index contributed by atoms with van der Waals surface area (Å²) in [5.41, 5.74) is -0.161. The van der Waals surface area contributed by atoms with Crippen molar-refractivity contribution in [1.82, 2.24) is 14.5 Å². The van der Waals surface area contributed by atoms with Crippen LogP contribution in [0.25, 0.3) is 11.0 Å². The number of likely N-dealkylation sites (tertiary alicyclic amines) is 1. The number of para-hydroxylation sites is 1. The Balaban J connectivity index is 1.26. The third kappa shape index (κ3) is 2.91. The Bertz CT molecular complexity index is 1100. The van der Waals surface area contributed by atoms with Crippen molar-refractivity contribution in [3.05, 3.63) is 54.8 Å². The van der Waals surface area contributed by atoms with Crippen LogP contribution in [-0.2, 0) is 21.1 Å². The molecule has 0 N–H and O–H groups in total. The SMILES string of the molecule is O=C(c1cc2ccccc2o1)N1CC2(C1)CS(=O)(=O)[C@@H](Cn1ccnc1)CO2. The van der Waals surface area contributed by atoms with Gasteiger partial charge in [-0.15, -0.1) is 0 Å². The quantitative estimate of drug-likeness (QED) is 0.657. The predicted octanol–water partition coefficient (Wildman–Crippen LogP) is 1.34. The number of hydrogen-bond acceptors (Lipinski definition) is 6. The van der Waals surface area contributed by atoms with Crippen LogP contribution in [0.5, 0.6) is 0 Å². The second-order valence-electron chi connectivity index (χ2n) is 7.49. The topological polar surface area (TPSA) is 94.6 Å². The van der Waals surface area contributed by atoms with Crippen molar-refractivity contribution in [2.45, 2.75) is 17.4 Å². The molecule has 1 spiro atoms. The highest BCUT2D eigenvalue weighted by Gasteiger charge is 2.54. The molecule has 2 aliphatic heterocycles. The second-order valence-corrected chi connectivity index (χ2v) is 9.77. The zero-order valence-electron chi connectivity index (χ0n) is 15.0. The van der Waals surface area contributed by atoms with Gasteiger partial charge in [0.05, 0.1) is 31.8 Å². The van der Waals surface area contributed by atoms with Crippen LogP contribution in [0.1, 0.15) is 10.6 Å². The van der Waals surface area contributed by atoms with Crippen molar-refractivity contribution in [3.63, 3.8) is 0 Å². The van der Waals surface area contributed by atoms with E-state index in [1.54, 1.807) is 40.3 Å². The highest BCUT2D eigenvalue weighted by atomic mass is 32.2. The van der Waals surface area contributed by atoms with Crippen molar-refractivity contribution in [2.24, 2.45) is 0 Å². The van der Waals surface area contributed by atoms with Gasteiger partial charge < -0.3 is 18.6 Å². The van der Waals surface area contributed by atoms with Gasteiger partial charge in [0.15, 0.2) is 15.6 Å². The zero-order valence-corrected chi connectivity index (χ0v) is 15.8. The van der Waals surface area contributed by atoms with E-state index in [-0.39, 0.29) is 37.1 Å². The Morgan fingerprint density at radius 2 is 2.11 bits per heavy atom. The Hall–Kier alpha value is -2.65. The van der Waals surface area contributed by atoms with Crippen LogP contribution in [0.15, 0.2) is 53.5 Å². The molecule has 8 nitrogen and oxygen atoms in total. The molecule has 9 heteroatoms. The fourth-order valence-electron chi connectivity index (χ4n) is 3.91. The molecule has 1 atom stereocenters. The number of fused-ring (bicyclic) bond motifs is 1. The lowest BCUT2D eigenvalue weighted by Crippen LogP contribution is -2.70. The van der Waals surface area contributed by atoms with Gasteiger partial charge in [-0.1, -0.05) is 18.2 Å². The summed E-state index contributed by atoms with van der Waals surface area (Å²) in [4.78, 5) is 18.2. The molecule has 0 unspecified atom stereocenters. The largest absolute Gasteiger partial charge is 0.451 e. The summed E-state index contributed by atoms with van der Waals surface area (Å²) < 4.78 is 38.8. The summed E-state index contributed by atoms with van der Waals surface area (Å²) in [5.74, 6) is -0.0698. The third-order valence-electron chi connectivity index (χ3n) is 5.40. The average molecular weight is 401 g/mol. The first-order valence-electron chi connectivity index (χ1n) is 9.03. The molecular formula is C19H19N3O5S.